The Labute approximate surface area is 109 Å². The summed E-state index contributed by atoms with van der Waals surface area (Å²) < 4.78 is 0. The van der Waals surface area contributed by atoms with E-state index in [1.54, 1.807) is 0 Å². The van der Waals surface area contributed by atoms with Gasteiger partial charge in [-0.3, -0.25) is 4.79 Å². The Morgan fingerprint density at radius 3 is 2.67 bits per heavy atom. The molecule has 3 nitrogen and oxygen atoms in total. The minimum atomic E-state index is 0.177. The van der Waals surface area contributed by atoms with E-state index in [1.807, 2.05) is 0 Å². The Balaban J connectivity index is 1.96. The van der Waals surface area contributed by atoms with Crippen molar-refractivity contribution >= 4 is 5.91 Å². The van der Waals surface area contributed by atoms with E-state index < -0.39 is 0 Å². The van der Waals surface area contributed by atoms with Gasteiger partial charge in [0.1, 0.15) is 0 Å². The first kappa shape index (κ1) is 13.1. The number of hydrogen-bond donors (Lipinski definition) is 2. The fraction of sp³-hybridized carbons (Fsp3) is 0.533. The molecule has 1 saturated heterocycles. The lowest BCUT2D eigenvalue weighted by molar-refractivity contribution is -0.122. The van der Waals surface area contributed by atoms with Crippen molar-refractivity contribution in [2.75, 3.05) is 6.54 Å². The smallest absolute Gasteiger partial charge is 0.220 e. The van der Waals surface area contributed by atoms with E-state index in [2.05, 4.69) is 48.7 Å². The van der Waals surface area contributed by atoms with Gasteiger partial charge >= 0.3 is 0 Å². The minimum absolute atomic E-state index is 0.177. The van der Waals surface area contributed by atoms with Crippen LogP contribution in [0.5, 0.6) is 0 Å². The van der Waals surface area contributed by atoms with Crippen molar-refractivity contribution in [1.82, 2.24) is 10.6 Å². The molecule has 1 aliphatic heterocycles. The molecule has 2 atom stereocenters. The second kappa shape index (κ2) is 6.01. The number of rotatable bonds is 4. The van der Waals surface area contributed by atoms with Gasteiger partial charge in [-0.05, 0) is 25.3 Å². The summed E-state index contributed by atoms with van der Waals surface area (Å²) in [4.78, 5) is 11.1. The number of nitrogens with one attached hydrogen (secondary N) is 2. The predicted octanol–water partition coefficient (Wildman–Crippen LogP) is 2.31. The van der Waals surface area contributed by atoms with Crippen molar-refractivity contribution in [1.29, 1.82) is 0 Å². The van der Waals surface area contributed by atoms with Gasteiger partial charge < -0.3 is 10.6 Å². The average Bonchev–Trinajstić information content (AvgIpc) is 2.39. The molecule has 18 heavy (non-hydrogen) atoms. The molecule has 2 rings (SSSR count). The molecule has 0 bridgehead atoms. The van der Waals surface area contributed by atoms with Crippen LogP contribution in [0.15, 0.2) is 24.3 Å². The van der Waals surface area contributed by atoms with Gasteiger partial charge in [-0.2, -0.15) is 0 Å². The van der Waals surface area contributed by atoms with Gasteiger partial charge in [-0.15, -0.1) is 0 Å². The van der Waals surface area contributed by atoms with Crippen LogP contribution in [0.4, 0.5) is 0 Å². The predicted molar refractivity (Wildman–Crippen MR) is 73.4 cm³/mol. The van der Waals surface area contributed by atoms with Crippen molar-refractivity contribution in [3.63, 3.8) is 0 Å². The first-order chi connectivity index (χ1) is 8.69. The molecule has 0 aromatic heterocycles. The Hall–Kier alpha value is -1.35. The van der Waals surface area contributed by atoms with Gasteiger partial charge in [-0.1, -0.05) is 36.8 Å². The Bertz CT molecular complexity index is 389. The number of amides is 1. The summed E-state index contributed by atoms with van der Waals surface area (Å²) in [5, 5.41) is 6.57. The van der Waals surface area contributed by atoms with Crippen molar-refractivity contribution in [2.45, 2.75) is 45.2 Å². The molecular weight excluding hydrogens is 224 g/mol. The second-order valence-corrected chi connectivity index (χ2v) is 5.08. The molecule has 0 radical (unpaired) electrons. The molecule has 1 aromatic carbocycles. The van der Waals surface area contributed by atoms with Crippen LogP contribution in [0.25, 0.3) is 0 Å². The molecule has 1 heterocycles. The maximum absolute atomic E-state index is 11.1. The Morgan fingerprint density at radius 1 is 1.39 bits per heavy atom. The van der Waals surface area contributed by atoms with Crippen LogP contribution in [0.3, 0.4) is 0 Å². The van der Waals surface area contributed by atoms with Gasteiger partial charge in [0.25, 0.3) is 0 Å². The van der Waals surface area contributed by atoms with Crippen LogP contribution in [-0.2, 0) is 4.79 Å². The standard InChI is InChI=1S/C15H22N2O/c1-3-14(12-6-4-11(2)5-7-12)17-13-8-9-15(18)16-10-13/h4-7,13-14,17H,3,8-10H2,1-2H3,(H,16,18). The second-order valence-electron chi connectivity index (χ2n) is 5.08. The third kappa shape index (κ3) is 3.33. The van der Waals surface area contributed by atoms with E-state index in [-0.39, 0.29) is 5.91 Å². The Kier molecular flexibility index (Phi) is 4.37. The van der Waals surface area contributed by atoms with Crippen LogP contribution in [0.2, 0.25) is 0 Å². The van der Waals surface area contributed by atoms with E-state index in [4.69, 9.17) is 0 Å². The van der Waals surface area contributed by atoms with E-state index in [0.717, 1.165) is 19.4 Å². The lowest BCUT2D eigenvalue weighted by Gasteiger charge is -2.28. The molecule has 0 aliphatic carbocycles. The van der Waals surface area contributed by atoms with Gasteiger partial charge in [0.05, 0.1) is 0 Å². The average molecular weight is 246 g/mol. The van der Waals surface area contributed by atoms with Crippen LogP contribution in [0, 0.1) is 6.92 Å². The van der Waals surface area contributed by atoms with Gasteiger partial charge in [0.15, 0.2) is 0 Å². The van der Waals surface area contributed by atoms with Crippen molar-refractivity contribution in [3.05, 3.63) is 35.4 Å². The summed E-state index contributed by atoms with van der Waals surface area (Å²) in [5.74, 6) is 0.177. The fourth-order valence-electron chi connectivity index (χ4n) is 2.41. The normalized spacial score (nSPS) is 21.4. The molecule has 0 saturated carbocycles. The summed E-state index contributed by atoms with van der Waals surface area (Å²) in [7, 11) is 0. The largest absolute Gasteiger partial charge is 0.355 e. The summed E-state index contributed by atoms with van der Waals surface area (Å²) in [6.07, 6.45) is 2.64. The highest BCUT2D eigenvalue weighted by atomic mass is 16.1. The molecular formula is C15H22N2O. The summed E-state index contributed by atoms with van der Waals surface area (Å²) in [6.45, 7) is 5.05. The maximum atomic E-state index is 11.1. The molecule has 1 fully saturated rings. The third-order valence-corrected chi connectivity index (χ3v) is 3.59. The maximum Gasteiger partial charge on any atom is 0.220 e. The van der Waals surface area contributed by atoms with Crippen LogP contribution in [0.1, 0.15) is 43.4 Å². The molecule has 2 unspecified atom stereocenters. The molecule has 0 spiro atoms. The van der Waals surface area contributed by atoms with Gasteiger partial charge in [0.2, 0.25) is 5.91 Å². The SMILES string of the molecule is CCC(NC1CCC(=O)NC1)c1ccc(C)cc1. The number of carbonyl (C=O) groups excluding carboxylic acids is 1. The van der Waals surface area contributed by atoms with Crippen LogP contribution in [-0.4, -0.2) is 18.5 Å². The molecule has 98 valence electrons. The molecule has 1 amide bonds. The van der Waals surface area contributed by atoms with Crippen LogP contribution < -0.4 is 10.6 Å². The minimum Gasteiger partial charge on any atom is -0.355 e. The van der Waals surface area contributed by atoms with Crippen molar-refractivity contribution in [2.24, 2.45) is 0 Å². The van der Waals surface area contributed by atoms with Gasteiger partial charge in [0, 0.05) is 25.0 Å². The first-order valence-electron chi connectivity index (χ1n) is 6.78. The summed E-state index contributed by atoms with van der Waals surface area (Å²) in [5.41, 5.74) is 2.62. The number of benzene rings is 1. The lowest BCUT2D eigenvalue weighted by Crippen LogP contribution is -2.46. The summed E-state index contributed by atoms with van der Waals surface area (Å²) in [6, 6.07) is 9.47. The lowest BCUT2D eigenvalue weighted by atomic mass is 9.99. The van der Waals surface area contributed by atoms with E-state index in [0.29, 0.717) is 18.5 Å². The monoisotopic (exact) mass is 246 g/mol. The van der Waals surface area contributed by atoms with Crippen LogP contribution >= 0.6 is 0 Å². The molecule has 1 aliphatic rings. The van der Waals surface area contributed by atoms with Gasteiger partial charge in [-0.25, -0.2) is 0 Å². The van der Waals surface area contributed by atoms with Crippen molar-refractivity contribution in [3.8, 4) is 0 Å². The zero-order valence-corrected chi connectivity index (χ0v) is 11.2. The molecule has 2 N–H and O–H groups in total. The number of carbonyl (C=O) groups is 1. The molecule has 1 aromatic rings. The summed E-state index contributed by atoms with van der Waals surface area (Å²) >= 11 is 0. The zero-order chi connectivity index (χ0) is 13.0. The highest BCUT2D eigenvalue weighted by Gasteiger charge is 2.20. The highest BCUT2D eigenvalue weighted by Crippen LogP contribution is 2.19. The number of hydrogen-bond acceptors (Lipinski definition) is 2. The van der Waals surface area contributed by atoms with E-state index in [1.165, 1.54) is 11.1 Å². The fourth-order valence-corrected chi connectivity index (χ4v) is 2.41. The van der Waals surface area contributed by atoms with E-state index in [9.17, 15) is 4.79 Å². The first-order valence-corrected chi connectivity index (χ1v) is 6.78. The Morgan fingerprint density at radius 2 is 2.11 bits per heavy atom. The van der Waals surface area contributed by atoms with Crippen molar-refractivity contribution < 1.29 is 4.79 Å². The topological polar surface area (TPSA) is 41.1 Å². The number of piperidine rings is 1. The quantitative estimate of drug-likeness (QED) is 0.856. The zero-order valence-electron chi connectivity index (χ0n) is 11.2. The highest BCUT2D eigenvalue weighted by molar-refractivity contribution is 5.76. The van der Waals surface area contributed by atoms with E-state index >= 15 is 0 Å². The molecule has 3 heteroatoms. The number of aryl methyl sites for hydroxylation is 1. The third-order valence-electron chi connectivity index (χ3n) is 3.59.